The minimum atomic E-state index is -3.44. The van der Waals surface area contributed by atoms with Crippen LogP contribution in [0.25, 0.3) is 10.8 Å². The van der Waals surface area contributed by atoms with Gasteiger partial charge < -0.3 is 5.73 Å². The Balaban J connectivity index is 0.00000147. The van der Waals surface area contributed by atoms with E-state index < -0.39 is 10.0 Å². The van der Waals surface area contributed by atoms with Gasteiger partial charge in [0.15, 0.2) is 0 Å². The lowest BCUT2D eigenvalue weighted by molar-refractivity contribution is 0.473. The number of hydrogen-bond donors (Lipinski definition) is 1. The van der Waals surface area contributed by atoms with Crippen molar-refractivity contribution in [1.82, 2.24) is 4.31 Å². The fourth-order valence-electron chi connectivity index (χ4n) is 2.53. The molecule has 6 heteroatoms. The number of benzene rings is 2. The number of halogens is 1. The molecule has 20 heavy (non-hydrogen) atoms. The molecule has 2 N–H and O–H groups in total. The molecule has 4 nitrogen and oxygen atoms in total. The van der Waals surface area contributed by atoms with E-state index in [-0.39, 0.29) is 18.4 Å². The van der Waals surface area contributed by atoms with Crippen LogP contribution in [0.1, 0.15) is 6.42 Å². The smallest absolute Gasteiger partial charge is 0.243 e. The number of rotatable bonds is 2. The highest BCUT2D eigenvalue weighted by Gasteiger charge is 2.31. The van der Waals surface area contributed by atoms with Crippen molar-refractivity contribution < 1.29 is 8.42 Å². The molecule has 1 saturated heterocycles. The molecule has 0 aromatic heterocycles. The van der Waals surface area contributed by atoms with Gasteiger partial charge in [0.25, 0.3) is 0 Å². The summed E-state index contributed by atoms with van der Waals surface area (Å²) in [4.78, 5) is 0.375. The molecule has 1 atom stereocenters. The number of nitrogens with zero attached hydrogens (tertiary/aromatic N) is 1. The number of fused-ring (bicyclic) bond motifs is 1. The fraction of sp³-hybridized carbons (Fsp3) is 0.286. The maximum Gasteiger partial charge on any atom is 0.243 e. The Morgan fingerprint density at radius 3 is 2.50 bits per heavy atom. The van der Waals surface area contributed by atoms with Crippen molar-refractivity contribution in [2.75, 3.05) is 13.1 Å². The third kappa shape index (κ3) is 2.54. The summed E-state index contributed by atoms with van der Waals surface area (Å²) in [5, 5.41) is 1.71. The van der Waals surface area contributed by atoms with Crippen molar-refractivity contribution in [2.45, 2.75) is 17.4 Å². The van der Waals surface area contributed by atoms with Gasteiger partial charge in [-0.1, -0.05) is 36.4 Å². The Morgan fingerprint density at radius 1 is 1.10 bits per heavy atom. The van der Waals surface area contributed by atoms with Crippen molar-refractivity contribution in [3.8, 4) is 0 Å². The molecule has 1 heterocycles. The monoisotopic (exact) mass is 312 g/mol. The van der Waals surface area contributed by atoms with Crippen LogP contribution in [0.4, 0.5) is 0 Å². The van der Waals surface area contributed by atoms with Crippen LogP contribution in [-0.2, 0) is 10.0 Å². The standard InChI is InChI=1S/C14H16N2O2S.ClH/c15-12-8-9-16(10-12)19(17,18)14-7-3-5-11-4-1-2-6-13(11)14;/h1-7,12H,8-10,15H2;1H. The summed E-state index contributed by atoms with van der Waals surface area (Å²) in [6.45, 7) is 0.915. The van der Waals surface area contributed by atoms with Gasteiger partial charge in [-0.15, -0.1) is 12.4 Å². The van der Waals surface area contributed by atoms with Crippen LogP contribution in [0, 0.1) is 0 Å². The molecule has 1 aliphatic rings. The molecule has 1 aliphatic heterocycles. The molecule has 1 fully saturated rings. The zero-order valence-electron chi connectivity index (χ0n) is 10.9. The van der Waals surface area contributed by atoms with Crippen molar-refractivity contribution in [3.63, 3.8) is 0 Å². The Kier molecular flexibility index (Phi) is 4.34. The molecule has 0 spiro atoms. The van der Waals surface area contributed by atoms with Gasteiger partial charge in [-0.05, 0) is 17.9 Å². The van der Waals surface area contributed by atoms with Gasteiger partial charge >= 0.3 is 0 Å². The maximum atomic E-state index is 12.7. The van der Waals surface area contributed by atoms with E-state index >= 15 is 0 Å². The maximum absolute atomic E-state index is 12.7. The molecule has 1 unspecified atom stereocenters. The van der Waals surface area contributed by atoms with Crippen LogP contribution in [0.5, 0.6) is 0 Å². The van der Waals surface area contributed by atoms with Gasteiger partial charge in [-0.3, -0.25) is 0 Å². The number of hydrogen-bond acceptors (Lipinski definition) is 3. The first-order valence-electron chi connectivity index (χ1n) is 6.32. The summed E-state index contributed by atoms with van der Waals surface area (Å²) < 4.78 is 26.8. The lowest BCUT2D eigenvalue weighted by atomic mass is 10.1. The lowest BCUT2D eigenvalue weighted by Gasteiger charge is -2.17. The topological polar surface area (TPSA) is 63.4 Å². The molecule has 108 valence electrons. The van der Waals surface area contributed by atoms with E-state index in [4.69, 9.17) is 5.73 Å². The van der Waals surface area contributed by atoms with Gasteiger partial charge in [0, 0.05) is 24.5 Å². The van der Waals surface area contributed by atoms with Crippen LogP contribution in [0.3, 0.4) is 0 Å². The minimum Gasteiger partial charge on any atom is -0.326 e. The van der Waals surface area contributed by atoms with Crippen molar-refractivity contribution in [1.29, 1.82) is 0 Å². The van der Waals surface area contributed by atoms with E-state index in [0.717, 1.165) is 17.2 Å². The third-order valence-electron chi connectivity index (χ3n) is 3.55. The first-order valence-corrected chi connectivity index (χ1v) is 7.76. The van der Waals surface area contributed by atoms with E-state index in [9.17, 15) is 8.42 Å². The minimum absolute atomic E-state index is 0. The fourth-order valence-corrected chi connectivity index (χ4v) is 4.26. The largest absolute Gasteiger partial charge is 0.326 e. The first kappa shape index (κ1) is 15.3. The zero-order chi connectivity index (χ0) is 13.5. The predicted octanol–water partition coefficient (Wildman–Crippen LogP) is 1.98. The van der Waals surface area contributed by atoms with E-state index in [1.165, 1.54) is 4.31 Å². The second-order valence-electron chi connectivity index (χ2n) is 4.89. The van der Waals surface area contributed by atoms with Crippen LogP contribution in [-0.4, -0.2) is 31.9 Å². The molecule has 3 rings (SSSR count). The highest BCUT2D eigenvalue weighted by atomic mass is 35.5. The SMILES string of the molecule is Cl.NC1CCN(S(=O)(=O)c2cccc3ccccc23)C1. The molecule has 0 radical (unpaired) electrons. The number of nitrogens with two attached hydrogens (primary N) is 1. The lowest BCUT2D eigenvalue weighted by Crippen LogP contribution is -2.32. The quantitative estimate of drug-likeness (QED) is 0.922. The molecular weight excluding hydrogens is 296 g/mol. The Hall–Kier alpha value is -1.14. The first-order chi connectivity index (χ1) is 9.09. The molecule has 2 aromatic rings. The van der Waals surface area contributed by atoms with E-state index in [1.807, 2.05) is 30.3 Å². The van der Waals surface area contributed by atoms with Crippen LogP contribution in [0.2, 0.25) is 0 Å². The molecular formula is C14H17ClN2O2S. The van der Waals surface area contributed by atoms with E-state index in [0.29, 0.717) is 18.0 Å². The highest BCUT2D eigenvalue weighted by Crippen LogP contribution is 2.27. The van der Waals surface area contributed by atoms with Gasteiger partial charge in [0.05, 0.1) is 4.90 Å². The van der Waals surface area contributed by atoms with Gasteiger partial charge in [0.1, 0.15) is 0 Å². The molecule has 0 amide bonds. The summed E-state index contributed by atoms with van der Waals surface area (Å²) >= 11 is 0. The van der Waals surface area contributed by atoms with Gasteiger partial charge in [-0.25, -0.2) is 8.42 Å². The summed E-state index contributed by atoms with van der Waals surface area (Å²) in [7, 11) is -3.44. The molecule has 0 bridgehead atoms. The molecule has 2 aromatic carbocycles. The van der Waals surface area contributed by atoms with Gasteiger partial charge in [0.2, 0.25) is 10.0 Å². The average molecular weight is 313 g/mol. The Bertz CT molecular complexity index is 713. The van der Waals surface area contributed by atoms with Crippen molar-refractivity contribution in [2.24, 2.45) is 5.73 Å². The number of sulfonamides is 1. The van der Waals surface area contributed by atoms with Crippen molar-refractivity contribution in [3.05, 3.63) is 42.5 Å². The summed E-state index contributed by atoms with van der Waals surface area (Å²) in [6.07, 6.45) is 0.726. The summed E-state index contributed by atoms with van der Waals surface area (Å²) in [5.41, 5.74) is 5.81. The van der Waals surface area contributed by atoms with Crippen LogP contribution >= 0.6 is 12.4 Å². The Labute approximate surface area is 125 Å². The normalized spacial score (nSPS) is 19.9. The second kappa shape index (κ2) is 5.69. The zero-order valence-corrected chi connectivity index (χ0v) is 12.5. The predicted molar refractivity (Wildman–Crippen MR) is 82.5 cm³/mol. The third-order valence-corrected chi connectivity index (χ3v) is 5.48. The van der Waals surface area contributed by atoms with Crippen LogP contribution in [0.15, 0.2) is 47.4 Å². The summed E-state index contributed by atoms with van der Waals surface area (Å²) in [6, 6.07) is 12.9. The van der Waals surface area contributed by atoms with Crippen molar-refractivity contribution >= 4 is 33.2 Å². The molecule has 0 saturated carbocycles. The second-order valence-corrected chi connectivity index (χ2v) is 6.80. The van der Waals surface area contributed by atoms with Gasteiger partial charge in [-0.2, -0.15) is 4.31 Å². The Morgan fingerprint density at radius 2 is 1.80 bits per heavy atom. The molecule has 0 aliphatic carbocycles. The van der Waals surface area contributed by atoms with E-state index in [2.05, 4.69) is 0 Å². The highest BCUT2D eigenvalue weighted by molar-refractivity contribution is 7.89. The average Bonchev–Trinajstić information content (AvgIpc) is 2.85. The van der Waals surface area contributed by atoms with E-state index in [1.54, 1.807) is 12.1 Å². The summed E-state index contributed by atoms with van der Waals surface area (Å²) in [5.74, 6) is 0. The van der Waals surface area contributed by atoms with Crippen LogP contribution < -0.4 is 5.73 Å².